The molecule has 3 rings (SSSR count). The quantitative estimate of drug-likeness (QED) is 0.854. The van der Waals surface area contributed by atoms with Gasteiger partial charge in [-0.3, -0.25) is 9.69 Å². The predicted molar refractivity (Wildman–Crippen MR) is 106 cm³/mol. The lowest BCUT2D eigenvalue weighted by molar-refractivity contribution is -0.116. The number of nitriles is 1. The van der Waals surface area contributed by atoms with Crippen LogP contribution in [0.25, 0.3) is 0 Å². The topological polar surface area (TPSA) is 68.6 Å². The van der Waals surface area contributed by atoms with Crippen LogP contribution in [-0.2, 0) is 4.79 Å². The zero-order chi connectivity index (χ0) is 19.1. The van der Waals surface area contributed by atoms with Crippen molar-refractivity contribution >= 4 is 17.3 Å². The number of methoxy groups -OCH3 is 1. The normalized spacial score (nSPS) is 14.4. The molecule has 1 aliphatic rings. The molecule has 0 aliphatic carbocycles. The number of para-hydroxylation sites is 1. The molecule has 6 nitrogen and oxygen atoms in total. The van der Waals surface area contributed by atoms with Gasteiger partial charge < -0.3 is 15.0 Å². The fourth-order valence-electron chi connectivity index (χ4n) is 3.18. The van der Waals surface area contributed by atoms with E-state index in [4.69, 9.17) is 10.00 Å². The third-order valence-corrected chi connectivity index (χ3v) is 4.79. The first-order valence-electron chi connectivity index (χ1n) is 9.10. The zero-order valence-electron chi connectivity index (χ0n) is 15.5. The fraction of sp³-hybridized carbons (Fsp3) is 0.333. The van der Waals surface area contributed by atoms with Crippen LogP contribution in [-0.4, -0.2) is 50.6 Å². The van der Waals surface area contributed by atoms with Crippen molar-refractivity contribution < 1.29 is 9.53 Å². The van der Waals surface area contributed by atoms with E-state index in [1.165, 1.54) is 5.69 Å². The van der Waals surface area contributed by atoms with Crippen LogP contribution in [0, 0.1) is 11.3 Å². The van der Waals surface area contributed by atoms with Crippen LogP contribution in [0.2, 0.25) is 0 Å². The van der Waals surface area contributed by atoms with E-state index in [0.717, 1.165) is 38.5 Å². The second-order valence-corrected chi connectivity index (χ2v) is 6.48. The minimum absolute atomic E-state index is 0.0599. The lowest BCUT2D eigenvalue weighted by Crippen LogP contribution is -2.47. The summed E-state index contributed by atoms with van der Waals surface area (Å²) < 4.78 is 5.20. The highest BCUT2D eigenvalue weighted by atomic mass is 16.5. The number of benzene rings is 2. The van der Waals surface area contributed by atoms with Crippen LogP contribution in [0.15, 0.2) is 48.5 Å². The molecule has 140 valence electrons. The molecule has 1 amide bonds. The Bertz CT molecular complexity index is 806. The number of carbonyl (C=O) groups is 1. The first kappa shape index (κ1) is 18.7. The van der Waals surface area contributed by atoms with Crippen LogP contribution >= 0.6 is 0 Å². The molecule has 0 unspecified atom stereocenters. The Morgan fingerprint density at radius 2 is 1.81 bits per heavy atom. The van der Waals surface area contributed by atoms with Gasteiger partial charge in [0.05, 0.1) is 18.4 Å². The Hall–Kier alpha value is -3.04. The predicted octanol–water partition coefficient (Wildman–Crippen LogP) is 2.72. The van der Waals surface area contributed by atoms with E-state index >= 15 is 0 Å². The summed E-state index contributed by atoms with van der Waals surface area (Å²) in [6.45, 7) is 4.44. The van der Waals surface area contributed by atoms with Crippen molar-refractivity contribution in [2.45, 2.75) is 6.42 Å². The zero-order valence-corrected chi connectivity index (χ0v) is 15.5. The van der Waals surface area contributed by atoms with Gasteiger partial charge in [0.2, 0.25) is 5.91 Å². The second kappa shape index (κ2) is 9.06. The largest absolute Gasteiger partial charge is 0.497 e. The summed E-state index contributed by atoms with van der Waals surface area (Å²) in [5, 5.41) is 11.9. The molecule has 2 aromatic rings. The summed E-state index contributed by atoms with van der Waals surface area (Å²) in [5.74, 6) is 0.802. The summed E-state index contributed by atoms with van der Waals surface area (Å²) in [6, 6.07) is 17.3. The molecule has 0 aromatic heterocycles. The molecular weight excluding hydrogens is 340 g/mol. The van der Waals surface area contributed by atoms with Crippen molar-refractivity contribution in [3.8, 4) is 11.8 Å². The number of hydrogen-bond donors (Lipinski definition) is 1. The van der Waals surface area contributed by atoms with E-state index in [9.17, 15) is 4.79 Å². The Labute approximate surface area is 160 Å². The van der Waals surface area contributed by atoms with Crippen molar-refractivity contribution in [3.05, 3.63) is 54.1 Å². The molecule has 1 N–H and O–H groups in total. The third-order valence-electron chi connectivity index (χ3n) is 4.79. The van der Waals surface area contributed by atoms with Crippen molar-refractivity contribution in [1.29, 1.82) is 5.26 Å². The number of carbonyl (C=O) groups excluding carboxylic acids is 1. The fourth-order valence-corrected chi connectivity index (χ4v) is 3.18. The van der Waals surface area contributed by atoms with Crippen molar-refractivity contribution in [2.24, 2.45) is 0 Å². The maximum absolute atomic E-state index is 12.2. The van der Waals surface area contributed by atoms with Gasteiger partial charge in [-0.05, 0) is 36.4 Å². The average Bonchev–Trinajstić information content (AvgIpc) is 2.73. The van der Waals surface area contributed by atoms with Gasteiger partial charge in [-0.2, -0.15) is 5.26 Å². The number of hydrogen-bond acceptors (Lipinski definition) is 5. The van der Waals surface area contributed by atoms with E-state index in [1.54, 1.807) is 25.3 Å². The second-order valence-electron chi connectivity index (χ2n) is 6.48. The first-order chi connectivity index (χ1) is 13.2. The van der Waals surface area contributed by atoms with Gasteiger partial charge in [0.15, 0.2) is 0 Å². The Morgan fingerprint density at radius 1 is 1.11 bits per heavy atom. The van der Waals surface area contributed by atoms with E-state index in [1.807, 2.05) is 18.2 Å². The Morgan fingerprint density at radius 3 is 2.48 bits per heavy atom. The van der Waals surface area contributed by atoms with E-state index in [0.29, 0.717) is 17.7 Å². The molecule has 27 heavy (non-hydrogen) atoms. The molecule has 0 atom stereocenters. The Balaban J connectivity index is 1.44. The summed E-state index contributed by atoms with van der Waals surface area (Å²) >= 11 is 0. The third kappa shape index (κ3) is 4.99. The number of nitrogens with one attached hydrogen (secondary N) is 1. The maximum atomic E-state index is 12.2. The van der Waals surface area contributed by atoms with E-state index < -0.39 is 0 Å². The van der Waals surface area contributed by atoms with Crippen molar-refractivity contribution in [1.82, 2.24) is 4.90 Å². The molecule has 0 radical (unpaired) electrons. The number of amides is 1. The molecule has 1 saturated heterocycles. The minimum Gasteiger partial charge on any atom is -0.497 e. The van der Waals surface area contributed by atoms with Gasteiger partial charge in [0, 0.05) is 44.8 Å². The van der Waals surface area contributed by atoms with Crippen molar-refractivity contribution in [2.75, 3.05) is 50.1 Å². The Kier molecular flexibility index (Phi) is 6.29. The molecule has 0 saturated carbocycles. The summed E-state index contributed by atoms with van der Waals surface area (Å²) in [5.41, 5.74) is 2.26. The summed E-state index contributed by atoms with van der Waals surface area (Å²) in [6.07, 6.45) is 0.419. The molecule has 2 aromatic carbocycles. The molecule has 6 heteroatoms. The molecule has 1 heterocycles. The maximum Gasteiger partial charge on any atom is 0.225 e. The van der Waals surface area contributed by atoms with Crippen LogP contribution < -0.4 is 15.0 Å². The number of anilines is 2. The number of rotatable bonds is 6. The van der Waals surface area contributed by atoms with Crippen LogP contribution in [0.5, 0.6) is 5.75 Å². The van der Waals surface area contributed by atoms with Gasteiger partial charge in [-0.25, -0.2) is 0 Å². The van der Waals surface area contributed by atoms with Gasteiger partial charge in [0.1, 0.15) is 11.8 Å². The lowest BCUT2D eigenvalue weighted by atomic mass is 10.2. The van der Waals surface area contributed by atoms with Crippen LogP contribution in [0.3, 0.4) is 0 Å². The highest BCUT2D eigenvalue weighted by Gasteiger charge is 2.18. The summed E-state index contributed by atoms with van der Waals surface area (Å²) in [7, 11) is 1.67. The molecule has 0 spiro atoms. The van der Waals surface area contributed by atoms with Gasteiger partial charge in [-0.1, -0.05) is 12.1 Å². The standard InChI is InChI=1S/C21H24N4O2/c1-27-19-8-6-18(7-9-19)25-14-12-24(13-15-25)11-10-21(26)23-20-5-3-2-4-17(20)16-22/h2-9H,10-15H2,1H3,(H,23,26). The highest BCUT2D eigenvalue weighted by Crippen LogP contribution is 2.20. The number of ether oxygens (including phenoxy) is 1. The van der Waals surface area contributed by atoms with Crippen molar-refractivity contribution in [3.63, 3.8) is 0 Å². The number of piperazine rings is 1. The molecule has 0 bridgehead atoms. The van der Waals surface area contributed by atoms with E-state index in [-0.39, 0.29) is 5.91 Å². The van der Waals surface area contributed by atoms with Gasteiger partial charge >= 0.3 is 0 Å². The first-order valence-corrected chi connectivity index (χ1v) is 9.10. The monoisotopic (exact) mass is 364 g/mol. The average molecular weight is 364 g/mol. The van der Waals surface area contributed by atoms with Crippen LogP contribution in [0.1, 0.15) is 12.0 Å². The highest BCUT2D eigenvalue weighted by molar-refractivity contribution is 5.92. The SMILES string of the molecule is COc1ccc(N2CCN(CCC(=O)Nc3ccccc3C#N)CC2)cc1. The van der Waals surface area contributed by atoms with Gasteiger partial charge in [-0.15, -0.1) is 0 Å². The smallest absolute Gasteiger partial charge is 0.225 e. The van der Waals surface area contributed by atoms with Gasteiger partial charge in [0.25, 0.3) is 0 Å². The molecular formula is C21H24N4O2. The number of nitrogens with zero attached hydrogens (tertiary/aromatic N) is 3. The van der Waals surface area contributed by atoms with Crippen LogP contribution in [0.4, 0.5) is 11.4 Å². The van der Waals surface area contributed by atoms with E-state index in [2.05, 4.69) is 33.3 Å². The molecule has 1 fully saturated rings. The molecule has 1 aliphatic heterocycles. The minimum atomic E-state index is -0.0599. The summed E-state index contributed by atoms with van der Waals surface area (Å²) in [4.78, 5) is 16.8. The lowest BCUT2D eigenvalue weighted by Gasteiger charge is -2.36.